The number of rotatable bonds is 3. The van der Waals surface area contributed by atoms with E-state index in [0.29, 0.717) is 18.9 Å². The Balaban J connectivity index is 0.00000225. The van der Waals surface area contributed by atoms with E-state index in [0.717, 1.165) is 16.9 Å². The van der Waals surface area contributed by atoms with Crippen LogP contribution in [0, 0.1) is 13.8 Å². The molecule has 0 spiro atoms. The molecule has 4 N–H and O–H groups in total. The van der Waals surface area contributed by atoms with Gasteiger partial charge in [0.2, 0.25) is 5.91 Å². The third-order valence-corrected chi connectivity index (χ3v) is 4.08. The summed E-state index contributed by atoms with van der Waals surface area (Å²) >= 11 is 0. The number of halogens is 1. The highest BCUT2D eigenvalue weighted by molar-refractivity contribution is 14.0. The molecule has 6 heteroatoms. The van der Waals surface area contributed by atoms with Crippen LogP contribution >= 0.6 is 24.0 Å². The minimum Gasteiger partial charge on any atom is -0.370 e. The van der Waals surface area contributed by atoms with Crippen molar-refractivity contribution in [3.8, 4) is 0 Å². The number of amides is 1. The summed E-state index contributed by atoms with van der Waals surface area (Å²) in [5, 5.41) is 6.02. The van der Waals surface area contributed by atoms with Gasteiger partial charge >= 0.3 is 0 Å². The predicted molar refractivity (Wildman–Crippen MR) is 114 cm³/mol. The zero-order valence-corrected chi connectivity index (χ0v) is 16.7. The van der Waals surface area contributed by atoms with Crippen molar-refractivity contribution < 1.29 is 4.79 Å². The highest BCUT2D eigenvalue weighted by atomic mass is 127. The Morgan fingerprint density at radius 1 is 1.24 bits per heavy atom. The fraction of sp³-hybridized carbons (Fsp3) is 0.263. The van der Waals surface area contributed by atoms with Crippen molar-refractivity contribution in [1.82, 2.24) is 0 Å². The second-order valence-electron chi connectivity index (χ2n) is 6.26. The Morgan fingerprint density at radius 2 is 1.92 bits per heavy atom. The molecule has 0 bridgehead atoms. The average molecular weight is 450 g/mol. The minimum atomic E-state index is 0. The number of fused-ring (bicyclic) bond motifs is 1. The summed E-state index contributed by atoms with van der Waals surface area (Å²) in [6.45, 7) is 4.57. The van der Waals surface area contributed by atoms with Gasteiger partial charge in [0.15, 0.2) is 5.96 Å². The van der Waals surface area contributed by atoms with Gasteiger partial charge in [-0.25, -0.2) is 0 Å². The Kier molecular flexibility index (Phi) is 6.41. The molecule has 1 aliphatic heterocycles. The second kappa shape index (κ2) is 8.33. The minimum absolute atomic E-state index is 0. The molecule has 5 nitrogen and oxygen atoms in total. The third kappa shape index (κ3) is 4.94. The molecule has 2 aromatic carbocycles. The lowest BCUT2D eigenvalue weighted by atomic mass is 9.91. The summed E-state index contributed by atoms with van der Waals surface area (Å²) in [6, 6.07) is 14.0. The van der Waals surface area contributed by atoms with Gasteiger partial charge in [0.25, 0.3) is 0 Å². The van der Waals surface area contributed by atoms with E-state index < -0.39 is 0 Å². The van der Waals surface area contributed by atoms with Gasteiger partial charge in [0, 0.05) is 23.7 Å². The first-order valence-corrected chi connectivity index (χ1v) is 8.05. The molecular formula is C19H23IN4O. The zero-order valence-electron chi connectivity index (χ0n) is 14.4. The number of carbonyl (C=O) groups excluding carboxylic acids is 1. The van der Waals surface area contributed by atoms with Crippen LogP contribution in [0.3, 0.4) is 0 Å². The van der Waals surface area contributed by atoms with Gasteiger partial charge in [-0.15, -0.1) is 24.0 Å². The molecule has 0 aliphatic carbocycles. The van der Waals surface area contributed by atoms with Crippen LogP contribution in [-0.4, -0.2) is 18.4 Å². The quantitative estimate of drug-likeness (QED) is 0.379. The lowest BCUT2D eigenvalue weighted by molar-refractivity contribution is -0.116. The molecule has 25 heavy (non-hydrogen) atoms. The highest BCUT2D eigenvalue weighted by Gasteiger charge is 2.24. The smallest absolute Gasteiger partial charge is 0.225 e. The van der Waals surface area contributed by atoms with Crippen LogP contribution in [0.1, 0.15) is 29.0 Å². The summed E-state index contributed by atoms with van der Waals surface area (Å²) in [6.07, 6.45) is 0.428. The van der Waals surface area contributed by atoms with Gasteiger partial charge in [-0.1, -0.05) is 24.3 Å². The maximum Gasteiger partial charge on any atom is 0.225 e. The van der Waals surface area contributed by atoms with Crippen LogP contribution in [0.4, 0.5) is 11.4 Å². The molecule has 0 radical (unpaired) electrons. The lowest BCUT2D eigenvalue weighted by Crippen LogP contribution is -2.27. The van der Waals surface area contributed by atoms with Gasteiger partial charge < -0.3 is 16.4 Å². The number of guanidine groups is 1. The lowest BCUT2D eigenvalue weighted by Gasteiger charge is -2.24. The number of aliphatic imine (C=N–C) groups is 1. The fourth-order valence-corrected chi connectivity index (χ4v) is 3.11. The van der Waals surface area contributed by atoms with E-state index in [9.17, 15) is 4.79 Å². The van der Waals surface area contributed by atoms with Gasteiger partial charge in [-0.3, -0.25) is 9.79 Å². The number of nitrogens with one attached hydrogen (secondary N) is 2. The molecule has 2 aromatic rings. The molecule has 0 saturated heterocycles. The molecule has 0 aromatic heterocycles. The van der Waals surface area contributed by atoms with Crippen molar-refractivity contribution in [2.24, 2.45) is 10.7 Å². The first kappa shape index (κ1) is 19.2. The topological polar surface area (TPSA) is 79.5 Å². The van der Waals surface area contributed by atoms with Crippen molar-refractivity contribution >= 4 is 47.2 Å². The van der Waals surface area contributed by atoms with Crippen molar-refractivity contribution in [2.75, 3.05) is 17.2 Å². The Hall–Kier alpha value is -2.09. The number of hydrogen-bond acceptors (Lipinski definition) is 2. The van der Waals surface area contributed by atoms with Gasteiger partial charge in [0.1, 0.15) is 0 Å². The van der Waals surface area contributed by atoms with E-state index >= 15 is 0 Å². The first-order chi connectivity index (χ1) is 11.5. The standard InChI is InChI=1S/C19H22N4O.HI/c1-12-7-13(2)9-15(8-12)22-19(20)21-11-14-10-18(24)23-17-6-4-3-5-16(14)17;/h3-9,14H,10-11H2,1-2H3,(H,23,24)(H3,20,21,22);1H. The summed E-state index contributed by atoms with van der Waals surface area (Å²) in [4.78, 5) is 16.3. The number of benzene rings is 2. The largest absolute Gasteiger partial charge is 0.370 e. The van der Waals surface area contributed by atoms with E-state index in [-0.39, 0.29) is 35.8 Å². The van der Waals surface area contributed by atoms with Crippen LogP contribution in [0.2, 0.25) is 0 Å². The van der Waals surface area contributed by atoms with E-state index in [1.165, 1.54) is 11.1 Å². The summed E-state index contributed by atoms with van der Waals surface area (Å²) in [5.41, 5.74) is 11.3. The van der Waals surface area contributed by atoms with Crippen LogP contribution in [0.15, 0.2) is 47.5 Å². The second-order valence-corrected chi connectivity index (χ2v) is 6.26. The van der Waals surface area contributed by atoms with Gasteiger partial charge in [-0.05, 0) is 48.7 Å². The molecule has 1 amide bonds. The summed E-state index contributed by atoms with van der Waals surface area (Å²) < 4.78 is 0. The van der Waals surface area contributed by atoms with Crippen LogP contribution in [0.5, 0.6) is 0 Å². The molecule has 1 unspecified atom stereocenters. The van der Waals surface area contributed by atoms with E-state index in [1.807, 2.05) is 50.2 Å². The maximum absolute atomic E-state index is 11.8. The number of para-hydroxylation sites is 1. The third-order valence-electron chi connectivity index (χ3n) is 4.08. The summed E-state index contributed by atoms with van der Waals surface area (Å²) in [5.74, 6) is 0.438. The van der Waals surface area contributed by atoms with Crippen LogP contribution in [0.25, 0.3) is 0 Å². The zero-order chi connectivity index (χ0) is 17.1. The van der Waals surface area contributed by atoms with Crippen LogP contribution in [-0.2, 0) is 4.79 Å². The molecule has 132 valence electrons. The van der Waals surface area contributed by atoms with Crippen molar-refractivity contribution in [3.05, 3.63) is 59.2 Å². The van der Waals surface area contributed by atoms with E-state index in [1.54, 1.807) is 0 Å². The van der Waals surface area contributed by atoms with Crippen molar-refractivity contribution in [2.45, 2.75) is 26.2 Å². The summed E-state index contributed by atoms with van der Waals surface area (Å²) in [7, 11) is 0. The Bertz CT molecular complexity index is 784. The normalized spacial score (nSPS) is 16.5. The van der Waals surface area contributed by atoms with Crippen molar-refractivity contribution in [3.63, 3.8) is 0 Å². The number of aryl methyl sites for hydroxylation is 2. The van der Waals surface area contributed by atoms with Crippen LogP contribution < -0.4 is 16.4 Å². The number of anilines is 2. The molecule has 1 atom stereocenters. The average Bonchev–Trinajstić information content (AvgIpc) is 2.51. The molecule has 1 heterocycles. The van der Waals surface area contributed by atoms with Gasteiger partial charge in [0.05, 0.1) is 6.54 Å². The highest BCUT2D eigenvalue weighted by Crippen LogP contribution is 2.32. The number of nitrogens with zero attached hydrogens (tertiary/aromatic N) is 1. The number of nitrogens with two attached hydrogens (primary N) is 1. The predicted octanol–water partition coefficient (Wildman–Crippen LogP) is 3.77. The van der Waals surface area contributed by atoms with Crippen molar-refractivity contribution in [1.29, 1.82) is 0 Å². The first-order valence-electron chi connectivity index (χ1n) is 8.05. The number of carbonyl (C=O) groups is 1. The molecular weight excluding hydrogens is 427 g/mol. The Labute approximate surface area is 165 Å². The SMILES string of the molecule is Cc1cc(C)cc(NC(N)=NCC2CC(=O)Nc3ccccc32)c1.I. The molecule has 0 fully saturated rings. The molecule has 1 aliphatic rings. The fourth-order valence-electron chi connectivity index (χ4n) is 3.11. The number of hydrogen-bond donors (Lipinski definition) is 3. The molecule has 0 saturated carbocycles. The van der Waals surface area contributed by atoms with E-state index in [2.05, 4.69) is 21.7 Å². The monoisotopic (exact) mass is 450 g/mol. The maximum atomic E-state index is 11.8. The molecule has 3 rings (SSSR count). The van der Waals surface area contributed by atoms with E-state index in [4.69, 9.17) is 5.73 Å². The Morgan fingerprint density at radius 3 is 2.64 bits per heavy atom. The van der Waals surface area contributed by atoms with Gasteiger partial charge in [-0.2, -0.15) is 0 Å².